The Morgan fingerprint density at radius 2 is 1.74 bits per heavy atom. The van der Waals surface area contributed by atoms with E-state index in [1.54, 1.807) is 0 Å². The molecule has 0 radical (unpaired) electrons. The normalized spacial score (nSPS) is 21.3. The SMILES string of the molecule is Cc1ccc(C(C)N2CCC(C(C)N)CC2)cc1C. The van der Waals surface area contributed by atoms with Crippen LogP contribution in [0, 0.1) is 19.8 Å². The maximum atomic E-state index is 6.02. The summed E-state index contributed by atoms with van der Waals surface area (Å²) in [5.74, 6) is 0.711. The standard InChI is InChI=1S/C17H28N2/c1-12-5-6-17(11-13(12)2)15(4)19-9-7-16(8-10-19)14(3)18/h5-6,11,14-16H,7-10,18H2,1-4H3. The van der Waals surface area contributed by atoms with Crippen LogP contribution in [-0.4, -0.2) is 24.0 Å². The summed E-state index contributed by atoms with van der Waals surface area (Å²) < 4.78 is 0. The number of nitrogens with zero attached hydrogens (tertiary/aromatic N) is 1. The lowest BCUT2D eigenvalue weighted by atomic mass is 9.89. The van der Waals surface area contributed by atoms with E-state index in [0.717, 1.165) is 0 Å². The Labute approximate surface area is 118 Å². The van der Waals surface area contributed by atoms with Crippen molar-refractivity contribution in [3.8, 4) is 0 Å². The van der Waals surface area contributed by atoms with Gasteiger partial charge in [0.25, 0.3) is 0 Å². The lowest BCUT2D eigenvalue weighted by Gasteiger charge is -2.37. The molecular formula is C17H28N2. The van der Waals surface area contributed by atoms with E-state index >= 15 is 0 Å². The molecule has 1 aliphatic rings. The van der Waals surface area contributed by atoms with Crippen LogP contribution in [0.15, 0.2) is 18.2 Å². The van der Waals surface area contributed by atoms with Crippen molar-refractivity contribution in [2.75, 3.05) is 13.1 Å². The molecule has 2 N–H and O–H groups in total. The zero-order chi connectivity index (χ0) is 14.0. The molecule has 0 spiro atoms. The Balaban J connectivity index is 2.01. The predicted molar refractivity (Wildman–Crippen MR) is 82.3 cm³/mol. The fraction of sp³-hybridized carbons (Fsp3) is 0.647. The lowest BCUT2D eigenvalue weighted by Crippen LogP contribution is -2.40. The van der Waals surface area contributed by atoms with Crippen molar-refractivity contribution in [2.45, 2.75) is 52.6 Å². The maximum absolute atomic E-state index is 6.02. The van der Waals surface area contributed by atoms with Crippen molar-refractivity contribution in [1.29, 1.82) is 0 Å². The zero-order valence-electron chi connectivity index (χ0n) is 12.8. The first-order chi connectivity index (χ1) is 8.99. The fourth-order valence-electron chi connectivity index (χ4n) is 3.07. The largest absolute Gasteiger partial charge is 0.328 e. The van der Waals surface area contributed by atoms with Gasteiger partial charge in [0, 0.05) is 12.1 Å². The average molecular weight is 260 g/mol. The first-order valence-electron chi connectivity index (χ1n) is 7.56. The van der Waals surface area contributed by atoms with Gasteiger partial charge in [0.2, 0.25) is 0 Å². The summed E-state index contributed by atoms with van der Waals surface area (Å²) >= 11 is 0. The Bertz CT molecular complexity index is 417. The molecule has 1 heterocycles. The van der Waals surface area contributed by atoms with Crippen molar-refractivity contribution < 1.29 is 0 Å². The number of nitrogens with two attached hydrogens (primary N) is 1. The molecule has 0 bridgehead atoms. The van der Waals surface area contributed by atoms with Crippen LogP contribution in [-0.2, 0) is 0 Å². The number of benzene rings is 1. The van der Waals surface area contributed by atoms with Gasteiger partial charge in [-0.3, -0.25) is 4.90 Å². The number of piperidine rings is 1. The molecule has 1 aromatic carbocycles. The number of likely N-dealkylation sites (tertiary alicyclic amines) is 1. The van der Waals surface area contributed by atoms with Gasteiger partial charge in [-0.2, -0.15) is 0 Å². The molecule has 2 atom stereocenters. The molecular weight excluding hydrogens is 232 g/mol. The Kier molecular flexibility index (Phi) is 4.64. The first-order valence-corrected chi connectivity index (χ1v) is 7.56. The average Bonchev–Trinajstić information content (AvgIpc) is 2.41. The van der Waals surface area contributed by atoms with E-state index in [1.165, 1.54) is 42.6 Å². The lowest BCUT2D eigenvalue weighted by molar-refractivity contribution is 0.132. The van der Waals surface area contributed by atoms with Crippen LogP contribution in [0.4, 0.5) is 0 Å². The van der Waals surface area contributed by atoms with Crippen LogP contribution < -0.4 is 5.73 Å². The van der Waals surface area contributed by atoms with Gasteiger partial charge < -0.3 is 5.73 Å². The van der Waals surface area contributed by atoms with Crippen molar-refractivity contribution in [3.05, 3.63) is 34.9 Å². The summed E-state index contributed by atoms with van der Waals surface area (Å²) in [6, 6.07) is 7.74. The zero-order valence-corrected chi connectivity index (χ0v) is 12.8. The summed E-state index contributed by atoms with van der Waals surface area (Å²) in [4.78, 5) is 2.60. The Hall–Kier alpha value is -0.860. The molecule has 106 valence electrons. The second-order valence-electron chi connectivity index (χ2n) is 6.25. The highest BCUT2D eigenvalue weighted by molar-refractivity contribution is 5.31. The minimum absolute atomic E-state index is 0.346. The summed E-state index contributed by atoms with van der Waals surface area (Å²) in [5, 5.41) is 0. The van der Waals surface area contributed by atoms with Gasteiger partial charge in [0.1, 0.15) is 0 Å². The van der Waals surface area contributed by atoms with Crippen molar-refractivity contribution >= 4 is 0 Å². The molecule has 1 fully saturated rings. The van der Waals surface area contributed by atoms with Crippen LogP contribution in [0.1, 0.15) is 49.4 Å². The highest BCUT2D eigenvalue weighted by Gasteiger charge is 2.25. The molecule has 0 aliphatic carbocycles. The molecule has 2 rings (SSSR count). The topological polar surface area (TPSA) is 29.3 Å². The molecule has 0 amide bonds. The Morgan fingerprint density at radius 3 is 2.26 bits per heavy atom. The third-order valence-electron chi connectivity index (χ3n) is 4.88. The summed E-state index contributed by atoms with van der Waals surface area (Å²) in [6.07, 6.45) is 2.49. The highest BCUT2D eigenvalue weighted by Crippen LogP contribution is 2.28. The molecule has 2 nitrogen and oxygen atoms in total. The van der Waals surface area contributed by atoms with Crippen LogP contribution >= 0.6 is 0 Å². The summed E-state index contributed by atoms with van der Waals surface area (Å²) in [7, 11) is 0. The van der Waals surface area contributed by atoms with Gasteiger partial charge in [-0.25, -0.2) is 0 Å². The first kappa shape index (κ1) is 14.5. The minimum atomic E-state index is 0.346. The third-order valence-corrected chi connectivity index (χ3v) is 4.88. The highest BCUT2D eigenvalue weighted by atomic mass is 15.2. The van der Waals surface area contributed by atoms with E-state index in [4.69, 9.17) is 5.73 Å². The number of hydrogen-bond donors (Lipinski definition) is 1. The molecule has 19 heavy (non-hydrogen) atoms. The van der Waals surface area contributed by atoms with Gasteiger partial charge in [0.05, 0.1) is 0 Å². The van der Waals surface area contributed by atoms with Crippen molar-refractivity contribution in [3.63, 3.8) is 0 Å². The van der Waals surface area contributed by atoms with Crippen molar-refractivity contribution in [2.24, 2.45) is 11.7 Å². The van der Waals surface area contributed by atoms with Crippen LogP contribution in [0.25, 0.3) is 0 Å². The summed E-state index contributed by atoms with van der Waals surface area (Å²) in [5.41, 5.74) is 10.2. The maximum Gasteiger partial charge on any atom is 0.0319 e. The van der Waals surface area contributed by atoms with E-state index in [0.29, 0.717) is 18.0 Å². The minimum Gasteiger partial charge on any atom is -0.328 e. The van der Waals surface area contributed by atoms with E-state index in [1.807, 2.05) is 0 Å². The van der Waals surface area contributed by atoms with Gasteiger partial charge in [-0.1, -0.05) is 18.2 Å². The quantitative estimate of drug-likeness (QED) is 0.902. The van der Waals surface area contributed by atoms with Crippen LogP contribution in [0.2, 0.25) is 0 Å². The molecule has 0 aromatic heterocycles. The van der Waals surface area contributed by atoms with Crippen LogP contribution in [0.5, 0.6) is 0 Å². The van der Waals surface area contributed by atoms with Gasteiger partial charge in [-0.05, 0) is 76.2 Å². The number of aryl methyl sites for hydroxylation is 2. The van der Waals surface area contributed by atoms with E-state index in [2.05, 4.69) is 50.8 Å². The molecule has 2 heteroatoms. The molecule has 1 aliphatic heterocycles. The van der Waals surface area contributed by atoms with Crippen molar-refractivity contribution in [1.82, 2.24) is 4.90 Å². The van der Waals surface area contributed by atoms with Crippen LogP contribution in [0.3, 0.4) is 0 Å². The summed E-state index contributed by atoms with van der Waals surface area (Å²) in [6.45, 7) is 11.2. The number of rotatable bonds is 3. The molecule has 2 unspecified atom stereocenters. The van der Waals surface area contributed by atoms with E-state index < -0.39 is 0 Å². The predicted octanol–water partition coefficient (Wildman–Crippen LogP) is 3.42. The molecule has 0 saturated carbocycles. The fourth-order valence-corrected chi connectivity index (χ4v) is 3.07. The molecule has 1 saturated heterocycles. The second kappa shape index (κ2) is 6.06. The number of hydrogen-bond acceptors (Lipinski definition) is 2. The Morgan fingerprint density at radius 1 is 1.11 bits per heavy atom. The molecule has 1 aromatic rings. The van der Waals surface area contributed by atoms with Gasteiger partial charge in [-0.15, -0.1) is 0 Å². The second-order valence-corrected chi connectivity index (χ2v) is 6.25. The van der Waals surface area contributed by atoms with E-state index in [-0.39, 0.29) is 0 Å². The van der Waals surface area contributed by atoms with Gasteiger partial charge in [0.15, 0.2) is 0 Å². The van der Waals surface area contributed by atoms with E-state index in [9.17, 15) is 0 Å². The van der Waals surface area contributed by atoms with Gasteiger partial charge >= 0.3 is 0 Å². The smallest absolute Gasteiger partial charge is 0.0319 e. The monoisotopic (exact) mass is 260 g/mol. The third kappa shape index (κ3) is 3.37.